The van der Waals surface area contributed by atoms with Gasteiger partial charge in [0.05, 0.1) is 27.7 Å². The summed E-state index contributed by atoms with van der Waals surface area (Å²) in [6.45, 7) is 6.64. The van der Waals surface area contributed by atoms with Crippen LogP contribution >= 0.6 is 11.6 Å². The summed E-state index contributed by atoms with van der Waals surface area (Å²) in [5, 5.41) is 7.63. The van der Waals surface area contributed by atoms with Gasteiger partial charge in [-0.1, -0.05) is 11.6 Å². The van der Waals surface area contributed by atoms with Gasteiger partial charge in [0.15, 0.2) is 11.9 Å². The number of Topliss-reactive ketones (excluding diaryl/α,β-unsaturated/α-hetero) is 1. The second-order valence-electron chi connectivity index (χ2n) is 7.11. The Morgan fingerprint density at radius 1 is 1.00 bits per heavy atom. The fraction of sp³-hybridized carbons (Fsp3) is 0.217. The van der Waals surface area contributed by atoms with E-state index in [0.29, 0.717) is 21.8 Å². The van der Waals surface area contributed by atoms with E-state index in [1.54, 1.807) is 53.2 Å². The fourth-order valence-electron chi connectivity index (χ4n) is 2.93. The van der Waals surface area contributed by atoms with Crippen LogP contribution in [0, 0.1) is 13.8 Å². The Morgan fingerprint density at radius 3 is 2.10 bits per heavy atom. The summed E-state index contributed by atoms with van der Waals surface area (Å²) in [5.74, 6) is -1.16. The van der Waals surface area contributed by atoms with Gasteiger partial charge in [0.1, 0.15) is 0 Å². The molecule has 3 aromatic rings. The van der Waals surface area contributed by atoms with E-state index in [2.05, 4.69) is 10.4 Å². The number of ketones is 1. The maximum absolute atomic E-state index is 12.4. The van der Waals surface area contributed by atoms with Crippen molar-refractivity contribution in [3.8, 4) is 5.69 Å². The standard InChI is InChI=1S/C23H22ClN3O4/c1-13-21(24)14(2)27(26-13)20-11-7-18(8-12-20)23(30)31-16(4)22(29)25-19-9-5-17(6-10-19)15(3)28/h5-12,16H,1-4H3,(H,25,29). The molecule has 1 amide bonds. The van der Waals surface area contributed by atoms with Crippen LogP contribution < -0.4 is 5.32 Å². The zero-order chi connectivity index (χ0) is 22.7. The number of carbonyl (C=O) groups excluding carboxylic acids is 3. The van der Waals surface area contributed by atoms with Gasteiger partial charge >= 0.3 is 5.97 Å². The van der Waals surface area contributed by atoms with Crippen LogP contribution in [-0.4, -0.2) is 33.5 Å². The normalized spacial score (nSPS) is 11.6. The molecule has 0 aliphatic heterocycles. The largest absolute Gasteiger partial charge is 0.449 e. The molecule has 31 heavy (non-hydrogen) atoms. The predicted octanol–water partition coefficient (Wildman–Crippen LogP) is 4.53. The zero-order valence-electron chi connectivity index (χ0n) is 17.6. The monoisotopic (exact) mass is 439 g/mol. The Hall–Kier alpha value is -3.45. The number of aryl methyl sites for hydroxylation is 1. The van der Waals surface area contributed by atoms with E-state index >= 15 is 0 Å². The summed E-state index contributed by atoms with van der Waals surface area (Å²) in [7, 11) is 0. The van der Waals surface area contributed by atoms with E-state index < -0.39 is 18.0 Å². The van der Waals surface area contributed by atoms with Crippen molar-refractivity contribution in [2.75, 3.05) is 5.32 Å². The molecule has 7 nitrogen and oxygen atoms in total. The first-order valence-electron chi connectivity index (χ1n) is 9.62. The molecule has 0 bridgehead atoms. The van der Waals surface area contributed by atoms with Crippen LogP contribution in [0.15, 0.2) is 48.5 Å². The highest BCUT2D eigenvalue weighted by molar-refractivity contribution is 6.31. The van der Waals surface area contributed by atoms with Crippen LogP contribution in [0.25, 0.3) is 5.69 Å². The SMILES string of the molecule is CC(=O)c1ccc(NC(=O)C(C)OC(=O)c2ccc(-n3nc(C)c(Cl)c3C)cc2)cc1. The summed E-state index contributed by atoms with van der Waals surface area (Å²) in [5.41, 5.74) is 3.63. The number of benzene rings is 2. The summed E-state index contributed by atoms with van der Waals surface area (Å²) < 4.78 is 6.97. The first-order chi connectivity index (χ1) is 14.7. The second-order valence-corrected chi connectivity index (χ2v) is 7.49. The minimum absolute atomic E-state index is 0.0628. The molecule has 1 atom stereocenters. The van der Waals surface area contributed by atoms with Gasteiger partial charge < -0.3 is 10.1 Å². The van der Waals surface area contributed by atoms with E-state index in [0.717, 1.165) is 17.1 Å². The number of halogens is 1. The molecule has 0 spiro atoms. The zero-order valence-corrected chi connectivity index (χ0v) is 18.4. The second kappa shape index (κ2) is 9.14. The van der Waals surface area contributed by atoms with Crippen LogP contribution in [0.1, 0.15) is 46.0 Å². The molecular formula is C23H22ClN3O4. The number of ether oxygens (including phenoxy) is 1. The minimum atomic E-state index is -1.01. The van der Waals surface area contributed by atoms with Crippen molar-refractivity contribution in [2.24, 2.45) is 0 Å². The van der Waals surface area contributed by atoms with E-state index in [1.165, 1.54) is 13.8 Å². The molecule has 0 aliphatic carbocycles. The Balaban J connectivity index is 1.63. The quantitative estimate of drug-likeness (QED) is 0.450. The van der Waals surface area contributed by atoms with Crippen molar-refractivity contribution < 1.29 is 19.1 Å². The van der Waals surface area contributed by atoms with Gasteiger partial charge in [-0.05, 0) is 76.2 Å². The molecule has 0 aliphatic rings. The summed E-state index contributed by atoms with van der Waals surface area (Å²) in [6.07, 6.45) is -1.01. The summed E-state index contributed by atoms with van der Waals surface area (Å²) in [6, 6.07) is 13.1. The average Bonchev–Trinajstić information content (AvgIpc) is 3.01. The number of nitrogens with one attached hydrogen (secondary N) is 1. The fourth-order valence-corrected chi connectivity index (χ4v) is 3.05. The van der Waals surface area contributed by atoms with E-state index in [-0.39, 0.29) is 5.78 Å². The van der Waals surface area contributed by atoms with Gasteiger partial charge in [-0.3, -0.25) is 9.59 Å². The number of hydrogen-bond donors (Lipinski definition) is 1. The summed E-state index contributed by atoms with van der Waals surface area (Å²) in [4.78, 5) is 36.1. The first kappa shape index (κ1) is 22.2. The van der Waals surface area contributed by atoms with Gasteiger partial charge in [0, 0.05) is 11.3 Å². The molecule has 2 aromatic carbocycles. The van der Waals surface area contributed by atoms with E-state index in [1.807, 2.05) is 13.8 Å². The highest BCUT2D eigenvalue weighted by atomic mass is 35.5. The average molecular weight is 440 g/mol. The number of hydrogen-bond acceptors (Lipinski definition) is 5. The third kappa shape index (κ3) is 5.00. The molecule has 0 fully saturated rings. The lowest BCUT2D eigenvalue weighted by Crippen LogP contribution is -2.30. The summed E-state index contributed by atoms with van der Waals surface area (Å²) >= 11 is 6.19. The minimum Gasteiger partial charge on any atom is -0.449 e. The lowest BCUT2D eigenvalue weighted by atomic mass is 10.1. The van der Waals surface area contributed by atoms with Gasteiger partial charge in [-0.25, -0.2) is 9.48 Å². The molecule has 1 heterocycles. The van der Waals surface area contributed by atoms with Gasteiger partial charge in [-0.15, -0.1) is 0 Å². The van der Waals surface area contributed by atoms with Crippen LogP contribution in [0.3, 0.4) is 0 Å². The highest BCUT2D eigenvalue weighted by Gasteiger charge is 2.19. The van der Waals surface area contributed by atoms with Gasteiger partial charge in [0.2, 0.25) is 0 Å². The molecule has 0 radical (unpaired) electrons. The van der Waals surface area contributed by atoms with Crippen LogP contribution in [0.5, 0.6) is 0 Å². The van der Waals surface area contributed by atoms with Crippen LogP contribution in [0.4, 0.5) is 5.69 Å². The van der Waals surface area contributed by atoms with E-state index in [9.17, 15) is 14.4 Å². The van der Waals surface area contributed by atoms with Gasteiger partial charge in [0.25, 0.3) is 5.91 Å². The Bertz CT molecular complexity index is 1130. The molecule has 0 saturated heterocycles. The Morgan fingerprint density at radius 2 is 1.58 bits per heavy atom. The predicted molar refractivity (Wildman–Crippen MR) is 118 cm³/mol. The topological polar surface area (TPSA) is 90.3 Å². The van der Waals surface area contributed by atoms with Crippen LogP contribution in [0.2, 0.25) is 5.02 Å². The molecule has 3 rings (SSSR count). The first-order valence-corrected chi connectivity index (χ1v) is 10.00. The number of anilines is 1. The number of aromatic nitrogens is 2. The number of carbonyl (C=O) groups is 3. The molecule has 8 heteroatoms. The molecule has 0 saturated carbocycles. The lowest BCUT2D eigenvalue weighted by molar-refractivity contribution is -0.123. The van der Waals surface area contributed by atoms with Crippen LogP contribution in [-0.2, 0) is 9.53 Å². The number of nitrogens with zero attached hydrogens (tertiary/aromatic N) is 2. The lowest BCUT2D eigenvalue weighted by Gasteiger charge is -2.14. The maximum Gasteiger partial charge on any atom is 0.338 e. The third-order valence-electron chi connectivity index (χ3n) is 4.76. The number of rotatable bonds is 6. The highest BCUT2D eigenvalue weighted by Crippen LogP contribution is 2.22. The maximum atomic E-state index is 12.4. The van der Waals surface area contributed by atoms with Crippen molar-refractivity contribution in [3.63, 3.8) is 0 Å². The number of esters is 1. The molecule has 160 valence electrons. The molecule has 1 aromatic heterocycles. The van der Waals surface area contributed by atoms with Crippen molar-refractivity contribution in [3.05, 3.63) is 76.1 Å². The van der Waals surface area contributed by atoms with E-state index in [4.69, 9.17) is 16.3 Å². The Kier molecular flexibility index (Phi) is 6.56. The van der Waals surface area contributed by atoms with Crippen molar-refractivity contribution in [1.82, 2.24) is 9.78 Å². The van der Waals surface area contributed by atoms with Crippen molar-refractivity contribution >= 4 is 34.9 Å². The molecular weight excluding hydrogens is 418 g/mol. The smallest absolute Gasteiger partial charge is 0.338 e. The number of amides is 1. The van der Waals surface area contributed by atoms with Crippen molar-refractivity contribution in [1.29, 1.82) is 0 Å². The third-order valence-corrected chi connectivity index (χ3v) is 5.31. The molecule has 1 N–H and O–H groups in total. The molecule has 1 unspecified atom stereocenters. The van der Waals surface area contributed by atoms with Crippen molar-refractivity contribution in [2.45, 2.75) is 33.8 Å². The van der Waals surface area contributed by atoms with Gasteiger partial charge in [-0.2, -0.15) is 5.10 Å². The Labute approximate surface area is 185 Å².